The number of Topliss-reactive ketones (excluding diaryl/α,β-unsaturated/α-hetero) is 1. The minimum atomic E-state index is -0.729. The summed E-state index contributed by atoms with van der Waals surface area (Å²) in [7, 11) is 0. The number of carbonyl (C=O) groups excluding carboxylic acids is 2. The van der Waals surface area contributed by atoms with E-state index in [1.54, 1.807) is 61.5 Å². The molecule has 1 aliphatic heterocycles. The molecular formula is C22H16Cl2O4. The molecule has 142 valence electrons. The summed E-state index contributed by atoms with van der Waals surface area (Å²) in [5.41, 5.74) is 1.33. The van der Waals surface area contributed by atoms with E-state index in [-0.39, 0.29) is 23.7 Å². The van der Waals surface area contributed by atoms with Crippen molar-refractivity contribution in [3.63, 3.8) is 0 Å². The van der Waals surface area contributed by atoms with Crippen molar-refractivity contribution in [2.24, 2.45) is 0 Å². The lowest BCUT2D eigenvalue weighted by atomic mass is 10.1. The molecule has 0 unspecified atom stereocenters. The van der Waals surface area contributed by atoms with Crippen LogP contribution < -0.4 is 0 Å². The second-order valence-electron chi connectivity index (χ2n) is 5.84. The molecule has 2 aromatic carbocycles. The van der Waals surface area contributed by atoms with Crippen LogP contribution in [-0.2, 0) is 19.1 Å². The van der Waals surface area contributed by atoms with Gasteiger partial charge in [-0.05, 0) is 54.5 Å². The Balaban J connectivity index is 1.95. The van der Waals surface area contributed by atoms with Crippen molar-refractivity contribution in [2.45, 2.75) is 6.92 Å². The topological polar surface area (TPSA) is 52.6 Å². The molecule has 1 aliphatic rings. The summed E-state index contributed by atoms with van der Waals surface area (Å²) >= 11 is 12.0. The van der Waals surface area contributed by atoms with Crippen LogP contribution >= 0.6 is 23.2 Å². The van der Waals surface area contributed by atoms with Gasteiger partial charge in [0.15, 0.2) is 11.3 Å². The molecule has 0 aromatic heterocycles. The van der Waals surface area contributed by atoms with Gasteiger partial charge in [-0.2, -0.15) is 0 Å². The van der Waals surface area contributed by atoms with Crippen molar-refractivity contribution in [1.82, 2.24) is 0 Å². The van der Waals surface area contributed by atoms with Crippen molar-refractivity contribution in [3.8, 4) is 0 Å². The number of rotatable bonds is 5. The molecule has 4 nitrogen and oxygen atoms in total. The van der Waals surface area contributed by atoms with Gasteiger partial charge in [0.1, 0.15) is 5.76 Å². The third-order valence-electron chi connectivity index (χ3n) is 3.82. The largest absolute Gasteiger partial charge is 0.462 e. The van der Waals surface area contributed by atoms with Crippen LogP contribution in [0.4, 0.5) is 0 Å². The third-order valence-corrected chi connectivity index (χ3v) is 4.29. The van der Waals surface area contributed by atoms with E-state index >= 15 is 0 Å². The van der Waals surface area contributed by atoms with E-state index in [1.807, 2.05) is 6.07 Å². The number of halogens is 2. The zero-order chi connectivity index (χ0) is 20.1. The fraction of sp³-hybridized carbons (Fsp3) is 0.0909. The van der Waals surface area contributed by atoms with E-state index in [0.29, 0.717) is 15.6 Å². The van der Waals surface area contributed by atoms with Gasteiger partial charge in [-0.15, -0.1) is 0 Å². The Labute approximate surface area is 172 Å². The molecule has 0 aliphatic carbocycles. The number of esters is 1. The molecule has 28 heavy (non-hydrogen) atoms. The van der Waals surface area contributed by atoms with Gasteiger partial charge in [0.2, 0.25) is 5.78 Å². The molecule has 0 fully saturated rings. The summed E-state index contributed by atoms with van der Waals surface area (Å²) in [4.78, 5) is 25.0. The molecule has 0 radical (unpaired) electrons. The molecule has 0 saturated carbocycles. The quantitative estimate of drug-likeness (QED) is 0.370. The van der Waals surface area contributed by atoms with E-state index in [1.165, 1.54) is 6.08 Å². The van der Waals surface area contributed by atoms with Gasteiger partial charge in [-0.25, -0.2) is 4.79 Å². The van der Waals surface area contributed by atoms with Crippen LogP contribution in [0.15, 0.2) is 71.7 Å². The Hall–Kier alpha value is -2.82. The monoisotopic (exact) mass is 414 g/mol. The highest BCUT2D eigenvalue weighted by Gasteiger charge is 2.35. The number of benzene rings is 2. The number of hydrogen-bond donors (Lipinski definition) is 0. The summed E-state index contributed by atoms with van der Waals surface area (Å²) in [5.74, 6) is -1.12. The standard InChI is InChI=1S/C22H16Cl2O4/c1-2-27-22(26)20-18(10-9-14-5-3-7-16(23)11-14)28-19(21(20)25)13-15-6-4-8-17(24)12-15/h3-13H,2H2,1H3/b10-9?,19-13-. The predicted octanol–water partition coefficient (Wildman–Crippen LogP) is 5.46. The van der Waals surface area contributed by atoms with Gasteiger partial charge in [-0.3, -0.25) is 4.79 Å². The molecule has 0 spiro atoms. The molecule has 0 saturated heterocycles. The maximum absolute atomic E-state index is 12.7. The van der Waals surface area contributed by atoms with Crippen LogP contribution in [0, 0.1) is 0 Å². The Morgan fingerprint density at radius 1 is 1.04 bits per heavy atom. The average molecular weight is 415 g/mol. The first-order valence-corrected chi connectivity index (χ1v) is 9.28. The van der Waals surface area contributed by atoms with Gasteiger partial charge >= 0.3 is 5.97 Å². The zero-order valence-corrected chi connectivity index (χ0v) is 16.5. The van der Waals surface area contributed by atoms with Gasteiger partial charge in [-0.1, -0.05) is 53.5 Å². The first-order valence-electron chi connectivity index (χ1n) is 8.53. The lowest BCUT2D eigenvalue weighted by Crippen LogP contribution is -2.14. The first kappa shape index (κ1) is 19.9. The first-order chi connectivity index (χ1) is 13.5. The SMILES string of the molecule is CCOC(=O)C1=C(C=Cc2cccc(Cl)c2)O/C(=C\c2cccc(Cl)c2)C1=O. The van der Waals surface area contributed by atoms with Crippen LogP contribution in [0.3, 0.4) is 0 Å². The molecule has 3 rings (SSSR count). The molecule has 2 aromatic rings. The van der Waals surface area contributed by atoms with E-state index in [9.17, 15) is 9.59 Å². The van der Waals surface area contributed by atoms with Gasteiger partial charge in [0.25, 0.3) is 0 Å². The number of allylic oxidation sites excluding steroid dienone is 2. The molecular weight excluding hydrogens is 399 g/mol. The lowest BCUT2D eigenvalue weighted by Gasteiger charge is -2.01. The van der Waals surface area contributed by atoms with E-state index in [4.69, 9.17) is 32.7 Å². The van der Waals surface area contributed by atoms with Crippen LogP contribution in [0.2, 0.25) is 10.0 Å². The maximum Gasteiger partial charge on any atom is 0.346 e. The fourth-order valence-electron chi connectivity index (χ4n) is 2.59. The van der Waals surface area contributed by atoms with Gasteiger partial charge in [0, 0.05) is 10.0 Å². The Morgan fingerprint density at radius 2 is 1.68 bits per heavy atom. The third kappa shape index (κ3) is 4.71. The van der Waals surface area contributed by atoms with Crippen molar-refractivity contribution in [2.75, 3.05) is 6.61 Å². The lowest BCUT2D eigenvalue weighted by molar-refractivity contribution is -0.139. The molecule has 6 heteroatoms. The molecule has 0 N–H and O–H groups in total. The Kier molecular flexibility index (Phi) is 6.34. The number of carbonyl (C=O) groups is 2. The number of ketones is 1. The van der Waals surface area contributed by atoms with Crippen LogP contribution in [0.5, 0.6) is 0 Å². The van der Waals surface area contributed by atoms with Crippen molar-refractivity contribution >= 4 is 47.1 Å². The van der Waals surface area contributed by atoms with Crippen molar-refractivity contribution in [3.05, 3.63) is 92.9 Å². The Bertz CT molecular complexity index is 1020. The van der Waals surface area contributed by atoms with E-state index < -0.39 is 11.8 Å². The van der Waals surface area contributed by atoms with Crippen LogP contribution in [-0.4, -0.2) is 18.4 Å². The average Bonchev–Trinajstić information content (AvgIpc) is 2.96. The fourth-order valence-corrected chi connectivity index (χ4v) is 2.99. The van der Waals surface area contributed by atoms with Crippen molar-refractivity contribution in [1.29, 1.82) is 0 Å². The van der Waals surface area contributed by atoms with E-state index in [2.05, 4.69) is 0 Å². The second kappa shape index (κ2) is 8.91. The van der Waals surface area contributed by atoms with Gasteiger partial charge in [0.05, 0.1) is 6.61 Å². The molecule has 1 heterocycles. The molecule has 0 amide bonds. The summed E-state index contributed by atoms with van der Waals surface area (Å²) in [5, 5.41) is 1.10. The smallest absolute Gasteiger partial charge is 0.346 e. The summed E-state index contributed by atoms with van der Waals surface area (Å²) in [6, 6.07) is 14.1. The number of hydrogen-bond acceptors (Lipinski definition) is 4. The predicted molar refractivity (Wildman–Crippen MR) is 110 cm³/mol. The van der Waals surface area contributed by atoms with Crippen LogP contribution in [0.25, 0.3) is 12.2 Å². The highest BCUT2D eigenvalue weighted by molar-refractivity contribution is 6.31. The zero-order valence-electron chi connectivity index (χ0n) is 14.9. The minimum Gasteiger partial charge on any atom is -0.462 e. The van der Waals surface area contributed by atoms with E-state index in [0.717, 1.165) is 5.56 Å². The second-order valence-corrected chi connectivity index (χ2v) is 6.72. The highest BCUT2D eigenvalue weighted by Crippen LogP contribution is 2.29. The normalized spacial score (nSPS) is 15.4. The number of ether oxygens (including phenoxy) is 2. The molecule has 0 bridgehead atoms. The minimum absolute atomic E-state index is 0.0241. The summed E-state index contributed by atoms with van der Waals surface area (Å²) in [6.45, 7) is 1.82. The summed E-state index contributed by atoms with van der Waals surface area (Å²) in [6.07, 6.45) is 4.79. The highest BCUT2D eigenvalue weighted by atomic mass is 35.5. The molecule has 0 atom stereocenters. The maximum atomic E-state index is 12.7. The van der Waals surface area contributed by atoms with Crippen LogP contribution in [0.1, 0.15) is 18.1 Å². The van der Waals surface area contributed by atoms with Crippen molar-refractivity contribution < 1.29 is 19.1 Å². The summed E-state index contributed by atoms with van der Waals surface area (Å²) < 4.78 is 10.7. The Morgan fingerprint density at radius 3 is 2.32 bits per heavy atom. The van der Waals surface area contributed by atoms with Gasteiger partial charge < -0.3 is 9.47 Å².